The zero-order valence-electron chi connectivity index (χ0n) is 35.5. The van der Waals surface area contributed by atoms with Gasteiger partial charge in [0.25, 0.3) is 0 Å². The molecule has 0 spiro atoms. The van der Waals surface area contributed by atoms with E-state index in [0.29, 0.717) is 25.7 Å². The van der Waals surface area contributed by atoms with Gasteiger partial charge in [-0.05, 0) is 24.7 Å². The van der Waals surface area contributed by atoms with Crippen molar-refractivity contribution in [1.29, 1.82) is 0 Å². The minimum atomic E-state index is -4.41. The summed E-state index contributed by atoms with van der Waals surface area (Å²) in [5, 5.41) is 5.55. The van der Waals surface area contributed by atoms with E-state index in [2.05, 4.69) is 132 Å². The van der Waals surface area contributed by atoms with Crippen molar-refractivity contribution in [3.63, 3.8) is 0 Å². The first-order valence-corrected chi connectivity index (χ1v) is 20.2. The molecule has 0 heterocycles. The molecule has 1 unspecified atom stereocenters. The third-order valence-corrected chi connectivity index (χ3v) is 11.6. The number of allylic oxidation sites excluding steroid dienone is 4. The van der Waals surface area contributed by atoms with E-state index >= 15 is 0 Å². The molecule has 0 saturated carbocycles. The van der Waals surface area contributed by atoms with Crippen LogP contribution in [0, 0.1) is 31.3 Å². The molecule has 58 heavy (non-hydrogen) atoms. The first-order chi connectivity index (χ1) is 25.6. The van der Waals surface area contributed by atoms with Gasteiger partial charge in [0.2, 0.25) is 0 Å². The van der Waals surface area contributed by atoms with Crippen molar-refractivity contribution in [1.82, 2.24) is 0 Å². The maximum absolute atomic E-state index is 12.5. The average Bonchev–Trinajstić information content (AvgIpc) is 3.71. The first kappa shape index (κ1) is 51.3. The van der Waals surface area contributed by atoms with Gasteiger partial charge in [-0.25, -0.2) is 6.08 Å². The first-order valence-electron chi connectivity index (χ1n) is 19.0. The van der Waals surface area contributed by atoms with Gasteiger partial charge in [0, 0.05) is 0 Å². The fourth-order valence-electron chi connectivity index (χ4n) is 6.98. The minimum Gasteiger partial charge on any atom is -1.00 e. The van der Waals surface area contributed by atoms with Crippen LogP contribution >= 0.6 is 0 Å². The van der Waals surface area contributed by atoms with E-state index in [9.17, 15) is 26.3 Å². The Kier molecular flexibility index (Phi) is 17.0. The van der Waals surface area contributed by atoms with E-state index in [1.807, 2.05) is 0 Å². The summed E-state index contributed by atoms with van der Waals surface area (Å²) in [6.45, 7) is 27.2. The predicted octanol–water partition coefficient (Wildman–Crippen LogP) is 9.13. The maximum atomic E-state index is 12.5. The zero-order valence-corrected chi connectivity index (χ0v) is 39.4. The van der Waals surface area contributed by atoms with Crippen LogP contribution in [0.5, 0.6) is 0 Å². The zero-order chi connectivity index (χ0) is 42.2. The summed E-state index contributed by atoms with van der Waals surface area (Å²) in [4.78, 5) is 0. The predicted molar refractivity (Wildman–Crippen MR) is 219 cm³/mol. The van der Waals surface area contributed by atoms with Crippen molar-refractivity contribution in [2.45, 2.75) is 113 Å². The van der Waals surface area contributed by atoms with Gasteiger partial charge in [0.1, 0.15) is 0 Å². The molecule has 0 fully saturated rings. The van der Waals surface area contributed by atoms with Crippen LogP contribution in [0.15, 0.2) is 96.6 Å². The van der Waals surface area contributed by atoms with E-state index in [1.54, 1.807) is 0 Å². The van der Waals surface area contributed by atoms with E-state index in [4.69, 9.17) is 0 Å². The van der Waals surface area contributed by atoms with E-state index in [0.717, 1.165) is 48.5 Å². The molecule has 0 aromatic heterocycles. The Labute approximate surface area is 369 Å². The molecule has 0 saturated heterocycles. The third-order valence-electron chi connectivity index (χ3n) is 10.2. The molecule has 1 aliphatic carbocycles. The normalized spacial score (nSPS) is 14.5. The molecule has 0 radical (unpaired) electrons. The number of hydrogen-bond acceptors (Lipinski definition) is 0. The van der Waals surface area contributed by atoms with Gasteiger partial charge in [-0.15, -0.1) is 39.7 Å². The van der Waals surface area contributed by atoms with Crippen LogP contribution in [0.2, 0.25) is 0 Å². The number of halogens is 8. The Bertz CT molecular complexity index is 2100. The van der Waals surface area contributed by atoms with Crippen LogP contribution in [-0.4, -0.2) is 3.21 Å². The van der Waals surface area contributed by atoms with E-state index in [-0.39, 0.29) is 35.6 Å². The summed E-state index contributed by atoms with van der Waals surface area (Å²) in [7, 11) is 0. The standard InChI is InChI=1S/C23H29.C15H8F6.C11H17.2ClH.Zr/c1-14-9-16-11-17-10-15(2)21(23(6,7)8)13-19(17)18(16)12-20(14)22(3,4)5;16-14(17,18)12-5-1-10(2-6-12)9-11-3-7-13(8-4-11)15(19,20)21;1-5-9-6-7-10(8-9)11(2,3)4;;;/h9-13H,1-8H3;1-8H;7-9H,5H2,1-4H3;2*1H;/q-1;;-1;;;+2/p-2. The maximum Gasteiger partial charge on any atom is -1.00 e. The molecule has 0 amide bonds. The number of aryl methyl sites for hydroxylation is 2. The summed E-state index contributed by atoms with van der Waals surface area (Å²) in [5.74, 6) is 0.573. The van der Waals surface area contributed by atoms with Gasteiger partial charge in [-0.1, -0.05) is 121 Å². The minimum absolute atomic E-state index is 0. The van der Waals surface area contributed by atoms with E-state index in [1.165, 1.54) is 80.1 Å². The summed E-state index contributed by atoms with van der Waals surface area (Å²) < 4.78 is 75.6. The molecule has 5 aromatic rings. The monoisotopic (exact) mass is 916 g/mol. The van der Waals surface area contributed by atoms with Crippen molar-refractivity contribution in [3.05, 3.63) is 147 Å². The molecule has 0 N–H and O–H groups in total. The number of alkyl halides is 6. The number of fused-ring (bicyclic) bond motifs is 3. The Hall–Kier alpha value is -2.86. The SMILES string of the molecule is CCC1[C-]=CC(C(C)(C)C)=C1.Cc1cc2[cH-]c3cc(C)c(C(C)(C)C)cc3c2cc1C(C)(C)C.FC(F)(F)c1ccc([C](=[Zr+2])c2ccc(C(F)(F)F)cc2)cc1.[Cl-].[Cl-]. The second-order valence-electron chi connectivity index (χ2n) is 17.9. The van der Waals surface area contributed by atoms with Gasteiger partial charge in [-0.3, -0.25) is 6.08 Å². The van der Waals surface area contributed by atoms with Crippen molar-refractivity contribution >= 4 is 24.8 Å². The van der Waals surface area contributed by atoms with Crippen molar-refractivity contribution in [3.8, 4) is 0 Å². The summed E-state index contributed by atoms with van der Waals surface area (Å²) in [5.41, 5.74) is 7.41. The van der Waals surface area contributed by atoms with E-state index < -0.39 is 23.5 Å². The summed E-state index contributed by atoms with van der Waals surface area (Å²) >= 11 is 0.898. The van der Waals surface area contributed by atoms with Gasteiger partial charge in [0.15, 0.2) is 0 Å². The Balaban J connectivity index is 0.000000312. The van der Waals surface area contributed by atoms with Crippen LogP contribution in [-0.2, 0) is 47.4 Å². The van der Waals surface area contributed by atoms with Crippen molar-refractivity contribution in [2.24, 2.45) is 11.3 Å². The molecule has 5 aromatic carbocycles. The molecular weight excluding hydrogens is 865 g/mol. The second kappa shape index (κ2) is 19.2. The molecule has 1 aliphatic rings. The van der Waals surface area contributed by atoms with Crippen LogP contribution in [0.25, 0.3) is 21.5 Å². The Morgan fingerprint density at radius 2 is 0.966 bits per heavy atom. The number of rotatable bonds is 3. The third kappa shape index (κ3) is 12.8. The largest absolute Gasteiger partial charge is 1.00 e. The van der Waals surface area contributed by atoms with Crippen LogP contribution in [0.4, 0.5) is 26.3 Å². The van der Waals surface area contributed by atoms with Gasteiger partial charge >= 0.3 is 137 Å². The molecule has 312 valence electrons. The molecule has 6 rings (SSSR count). The topological polar surface area (TPSA) is 0 Å². The van der Waals surface area contributed by atoms with Gasteiger partial charge < -0.3 is 24.8 Å². The molecule has 0 nitrogen and oxygen atoms in total. The average molecular weight is 919 g/mol. The number of benzene rings is 4. The molecule has 0 aliphatic heterocycles. The van der Waals surface area contributed by atoms with Crippen LogP contribution in [0.3, 0.4) is 0 Å². The number of hydrogen-bond donors (Lipinski definition) is 0. The summed E-state index contributed by atoms with van der Waals surface area (Å²) in [6.07, 6.45) is 0.185. The van der Waals surface area contributed by atoms with Gasteiger partial charge in [-0.2, -0.15) is 11.6 Å². The molecule has 0 bridgehead atoms. The van der Waals surface area contributed by atoms with Crippen LogP contribution < -0.4 is 24.8 Å². The van der Waals surface area contributed by atoms with Gasteiger partial charge in [0.05, 0.1) is 0 Å². The van der Waals surface area contributed by atoms with Crippen molar-refractivity contribution < 1.29 is 75.4 Å². The summed E-state index contributed by atoms with van der Waals surface area (Å²) in [6, 6.07) is 21.1. The fraction of sp³-hybridized carbons (Fsp3) is 0.388. The Morgan fingerprint density at radius 3 is 1.22 bits per heavy atom. The fourth-order valence-corrected chi connectivity index (χ4v) is 7.80. The quantitative estimate of drug-likeness (QED) is 0.125. The Morgan fingerprint density at radius 1 is 0.603 bits per heavy atom. The molecular formula is C49H54Cl2F6Zr-2. The van der Waals surface area contributed by atoms with Crippen LogP contribution in [0.1, 0.15) is 120 Å². The second-order valence-corrected chi connectivity index (χ2v) is 19.1. The van der Waals surface area contributed by atoms with Crippen molar-refractivity contribution in [2.75, 3.05) is 0 Å². The molecule has 9 heteroatoms. The molecule has 1 atom stereocenters. The smallest absolute Gasteiger partial charge is 1.00 e.